The van der Waals surface area contributed by atoms with Crippen LogP contribution >= 0.6 is 22.9 Å². The average Bonchev–Trinajstić information content (AvgIpc) is 3.26. The van der Waals surface area contributed by atoms with Crippen LogP contribution in [0.5, 0.6) is 0 Å². The number of nitrogens with zero attached hydrogens (tertiary/aromatic N) is 5. The van der Waals surface area contributed by atoms with Crippen molar-refractivity contribution >= 4 is 33.9 Å². The van der Waals surface area contributed by atoms with E-state index in [1.165, 1.54) is 17.7 Å². The molecule has 8 heteroatoms. The molecule has 0 amide bonds. The number of pyridine rings is 1. The Morgan fingerprint density at radius 1 is 1.08 bits per heavy atom. The van der Waals surface area contributed by atoms with E-state index in [-0.39, 0.29) is 0 Å². The first-order chi connectivity index (χ1) is 11.8. The van der Waals surface area contributed by atoms with Crippen LogP contribution in [0.3, 0.4) is 0 Å². The molecule has 0 fully saturated rings. The summed E-state index contributed by atoms with van der Waals surface area (Å²) in [6.07, 6.45) is 4.88. The molecular weight excluding hydrogens is 344 g/mol. The Morgan fingerprint density at radius 3 is 2.67 bits per heavy atom. The molecule has 0 atom stereocenters. The molecule has 6 nitrogen and oxygen atoms in total. The van der Waals surface area contributed by atoms with E-state index in [0.717, 1.165) is 27.2 Å². The summed E-state index contributed by atoms with van der Waals surface area (Å²) in [5.74, 6) is 0.735. The molecule has 0 spiro atoms. The highest BCUT2D eigenvalue weighted by atomic mass is 35.5. The first kappa shape index (κ1) is 14.8. The number of hydrogen-bond donors (Lipinski definition) is 1. The van der Waals surface area contributed by atoms with E-state index in [4.69, 9.17) is 16.6 Å². The molecule has 3 aromatic heterocycles. The SMILES string of the molecule is Clc1ccc(-c2nc(Nc3ccccn3)sc2-n2cncn2)cc1. The van der Waals surface area contributed by atoms with Gasteiger partial charge in [0.1, 0.15) is 29.2 Å². The number of nitrogens with one attached hydrogen (secondary N) is 1. The molecular formula is C16H11ClN6S. The first-order valence-corrected chi connectivity index (χ1v) is 8.29. The number of halogens is 1. The Hall–Kier alpha value is -2.77. The van der Waals surface area contributed by atoms with Crippen molar-refractivity contribution in [1.82, 2.24) is 24.7 Å². The minimum absolute atomic E-state index is 0.683. The minimum atomic E-state index is 0.683. The Morgan fingerprint density at radius 2 is 1.96 bits per heavy atom. The number of benzene rings is 1. The molecule has 24 heavy (non-hydrogen) atoms. The van der Waals surface area contributed by atoms with E-state index in [1.807, 2.05) is 42.5 Å². The fourth-order valence-corrected chi connectivity index (χ4v) is 3.23. The predicted molar refractivity (Wildman–Crippen MR) is 95.0 cm³/mol. The average molecular weight is 355 g/mol. The van der Waals surface area contributed by atoms with Crippen LogP contribution in [-0.4, -0.2) is 24.7 Å². The monoisotopic (exact) mass is 354 g/mol. The number of hydrogen-bond acceptors (Lipinski definition) is 6. The summed E-state index contributed by atoms with van der Waals surface area (Å²) >= 11 is 7.46. The fraction of sp³-hybridized carbons (Fsp3) is 0. The molecule has 0 unspecified atom stereocenters. The summed E-state index contributed by atoms with van der Waals surface area (Å²) in [6, 6.07) is 13.2. The largest absolute Gasteiger partial charge is 0.316 e. The zero-order valence-corrected chi connectivity index (χ0v) is 13.9. The maximum Gasteiger partial charge on any atom is 0.190 e. The Kier molecular flexibility index (Phi) is 3.94. The number of anilines is 2. The standard InChI is InChI=1S/C16H11ClN6S/c17-12-6-4-11(5-7-12)14-15(23-10-18-9-20-23)24-16(22-14)21-13-3-1-2-8-19-13/h1-10H,(H,19,21,22). The molecule has 0 bridgehead atoms. The van der Waals surface area contributed by atoms with Crippen LogP contribution in [0.4, 0.5) is 10.9 Å². The van der Waals surface area contributed by atoms with E-state index in [0.29, 0.717) is 5.02 Å². The fourth-order valence-electron chi connectivity index (χ4n) is 2.18. The highest BCUT2D eigenvalue weighted by molar-refractivity contribution is 7.18. The molecule has 4 rings (SSSR count). The second-order valence-corrected chi connectivity index (χ2v) is 6.27. The first-order valence-electron chi connectivity index (χ1n) is 7.09. The van der Waals surface area contributed by atoms with E-state index >= 15 is 0 Å². The van der Waals surface area contributed by atoms with E-state index < -0.39 is 0 Å². The van der Waals surface area contributed by atoms with Crippen molar-refractivity contribution in [3.63, 3.8) is 0 Å². The molecule has 118 valence electrons. The van der Waals surface area contributed by atoms with Gasteiger partial charge >= 0.3 is 0 Å². The highest BCUT2D eigenvalue weighted by Crippen LogP contribution is 2.35. The normalized spacial score (nSPS) is 10.7. The van der Waals surface area contributed by atoms with Crippen molar-refractivity contribution in [1.29, 1.82) is 0 Å². The summed E-state index contributed by atoms with van der Waals surface area (Å²) in [5, 5.41) is 9.71. The molecule has 0 aliphatic heterocycles. The van der Waals surface area contributed by atoms with Gasteiger partial charge in [0.25, 0.3) is 0 Å². The molecule has 3 heterocycles. The Balaban J connectivity index is 1.77. The van der Waals surface area contributed by atoms with Gasteiger partial charge in [0.05, 0.1) is 0 Å². The van der Waals surface area contributed by atoms with Crippen LogP contribution < -0.4 is 5.32 Å². The maximum absolute atomic E-state index is 5.99. The van der Waals surface area contributed by atoms with Gasteiger partial charge in [-0.05, 0) is 24.3 Å². The van der Waals surface area contributed by atoms with Crippen LogP contribution in [0, 0.1) is 0 Å². The van der Waals surface area contributed by atoms with Gasteiger partial charge in [0.15, 0.2) is 5.13 Å². The van der Waals surface area contributed by atoms with Gasteiger partial charge < -0.3 is 5.32 Å². The number of rotatable bonds is 4. The summed E-state index contributed by atoms with van der Waals surface area (Å²) in [4.78, 5) is 13.0. The molecule has 0 aliphatic rings. The Labute approximate surface area is 146 Å². The highest BCUT2D eigenvalue weighted by Gasteiger charge is 2.16. The minimum Gasteiger partial charge on any atom is -0.316 e. The van der Waals surface area contributed by atoms with Crippen molar-refractivity contribution in [2.24, 2.45) is 0 Å². The van der Waals surface area contributed by atoms with Crippen molar-refractivity contribution in [3.8, 4) is 16.3 Å². The van der Waals surface area contributed by atoms with Gasteiger partial charge in [0.2, 0.25) is 0 Å². The summed E-state index contributed by atoms with van der Waals surface area (Å²) < 4.78 is 1.70. The third kappa shape index (κ3) is 2.99. The van der Waals surface area contributed by atoms with Gasteiger partial charge in [-0.3, -0.25) is 0 Å². The van der Waals surface area contributed by atoms with Crippen LogP contribution in [0.25, 0.3) is 16.3 Å². The lowest BCUT2D eigenvalue weighted by Gasteiger charge is -2.01. The zero-order chi connectivity index (χ0) is 16.4. The lowest BCUT2D eigenvalue weighted by atomic mass is 10.2. The van der Waals surface area contributed by atoms with Crippen molar-refractivity contribution < 1.29 is 0 Å². The molecule has 1 aromatic carbocycles. The van der Waals surface area contributed by atoms with Crippen LogP contribution in [0.15, 0.2) is 61.3 Å². The Bertz CT molecular complexity index is 935. The van der Waals surface area contributed by atoms with Gasteiger partial charge in [-0.1, -0.05) is 41.1 Å². The quantitative estimate of drug-likeness (QED) is 0.595. The molecule has 0 saturated heterocycles. The van der Waals surface area contributed by atoms with E-state index in [1.54, 1.807) is 17.2 Å². The molecule has 0 aliphatic carbocycles. The number of thiazole rings is 1. The summed E-state index contributed by atoms with van der Waals surface area (Å²) in [6.45, 7) is 0. The molecule has 4 aromatic rings. The summed E-state index contributed by atoms with van der Waals surface area (Å²) in [5.41, 5.74) is 1.76. The van der Waals surface area contributed by atoms with Crippen LogP contribution in [0.1, 0.15) is 0 Å². The third-order valence-electron chi connectivity index (χ3n) is 3.25. The van der Waals surface area contributed by atoms with Gasteiger partial charge in [-0.15, -0.1) is 0 Å². The van der Waals surface area contributed by atoms with Crippen molar-refractivity contribution in [2.45, 2.75) is 0 Å². The maximum atomic E-state index is 5.99. The van der Waals surface area contributed by atoms with Crippen molar-refractivity contribution in [2.75, 3.05) is 5.32 Å². The van der Waals surface area contributed by atoms with Crippen LogP contribution in [-0.2, 0) is 0 Å². The number of aromatic nitrogens is 5. The van der Waals surface area contributed by atoms with E-state index in [9.17, 15) is 0 Å². The summed E-state index contributed by atoms with van der Waals surface area (Å²) in [7, 11) is 0. The molecule has 1 N–H and O–H groups in total. The van der Waals surface area contributed by atoms with E-state index in [2.05, 4.69) is 20.4 Å². The topological polar surface area (TPSA) is 68.5 Å². The second-order valence-electron chi connectivity index (χ2n) is 4.86. The van der Waals surface area contributed by atoms with Crippen molar-refractivity contribution in [3.05, 3.63) is 66.3 Å². The smallest absolute Gasteiger partial charge is 0.190 e. The molecule has 0 radical (unpaired) electrons. The van der Waals surface area contributed by atoms with Crippen LogP contribution in [0.2, 0.25) is 5.02 Å². The van der Waals surface area contributed by atoms with Gasteiger partial charge in [-0.2, -0.15) is 5.10 Å². The zero-order valence-electron chi connectivity index (χ0n) is 12.3. The van der Waals surface area contributed by atoms with Gasteiger partial charge in [0, 0.05) is 16.8 Å². The second kappa shape index (κ2) is 6.38. The third-order valence-corrected chi connectivity index (χ3v) is 4.47. The lowest BCUT2D eigenvalue weighted by Crippen LogP contribution is -1.94. The molecule has 0 saturated carbocycles. The predicted octanol–water partition coefficient (Wildman–Crippen LogP) is 4.18. The lowest BCUT2D eigenvalue weighted by molar-refractivity contribution is 0.895. The van der Waals surface area contributed by atoms with Gasteiger partial charge in [-0.25, -0.2) is 19.6 Å².